The number of amides is 1. The van der Waals surface area contributed by atoms with Crippen LogP contribution in [0.2, 0.25) is 0 Å². The summed E-state index contributed by atoms with van der Waals surface area (Å²) >= 11 is 0. The van der Waals surface area contributed by atoms with Crippen LogP contribution in [0.25, 0.3) is 0 Å². The molecule has 1 aliphatic rings. The van der Waals surface area contributed by atoms with Crippen LogP contribution in [0.15, 0.2) is 24.3 Å². The Morgan fingerprint density at radius 1 is 1.33 bits per heavy atom. The predicted octanol–water partition coefficient (Wildman–Crippen LogP) is 2.19. The Morgan fingerprint density at radius 2 is 2.00 bits per heavy atom. The quantitative estimate of drug-likeness (QED) is 0.847. The lowest BCUT2D eigenvalue weighted by Crippen LogP contribution is -2.55. The number of carbonyl (C=O) groups excluding carboxylic acids is 1. The molecular formula is C16H23FN2O2. The average molecular weight is 294 g/mol. The van der Waals surface area contributed by atoms with Gasteiger partial charge < -0.3 is 15.0 Å². The van der Waals surface area contributed by atoms with Gasteiger partial charge in [-0.25, -0.2) is 4.39 Å². The molecule has 0 aliphatic carbocycles. The van der Waals surface area contributed by atoms with Crippen LogP contribution in [-0.2, 0) is 4.79 Å². The number of carbonyl (C=O) groups is 1. The van der Waals surface area contributed by atoms with E-state index in [4.69, 9.17) is 4.74 Å². The van der Waals surface area contributed by atoms with Crippen molar-refractivity contribution in [2.45, 2.75) is 38.8 Å². The smallest absolute Gasteiger partial charge is 0.222 e. The number of rotatable bonds is 5. The zero-order valence-electron chi connectivity index (χ0n) is 12.6. The molecule has 0 bridgehead atoms. The molecule has 5 heteroatoms. The molecule has 116 valence electrons. The zero-order valence-corrected chi connectivity index (χ0v) is 12.6. The minimum absolute atomic E-state index is 0.146. The Bertz CT molecular complexity index is 471. The van der Waals surface area contributed by atoms with E-state index in [0.717, 1.165) is 13.1 Å². The molecule has 0 spiro atoms. The van der Waals surface area contributed by atoms with Crippen molar-refractivity contribution in [3.05, 3.63) is 30.1 Å². The fraction of sp³-hybridized carbons (Fsp3) is 0.562. The number of halogens is 1. The summed E-state index contributed by atoms with van der Waals surface area (Å²) in [7, 11) is 0. The molecule has 1 saturated heterocycles. The van der Waals surface area contributed by atoms with Crippen molar-refractivity contribution < 1.29 is 13.9 Å². The van der Waals surface area contributed by atoms with Gasteiger partial charge in [0.2, 0.25) is 5.91 Å². The molecule has 0 saturated carbocycles. The van der Waals surface area contributed by atoms with Gasteiger partial charge in [0.15, 0.2) is 11.6 Å². The fourth-order valence-electron chi connectivity index (χ4n) is 2.66. The fourth-order valence-corrected chi connectivity index (χ4v) is 2.66. The molecule has 21 heavy (non-hydrogen) atoms. The van der Waals surface area contributed by atoms with Gasteiger partial charge in [0.25, 0.3) is 0 Å². The number of piperazine rings is 1. The monoisotopic (exact) mass is 294 g/mol. The maximum Gasteiger partial charge on any atom is 0.222 e. The Kier molecular flexibility index (Phi) is 5.56. The number of benzene rings is 1. The molecule has 0 unspecified atom stereocenters. The highest BCUT2D eigenvalue weighted by molar-refractivity contribution is 5.76. The number of hydrogen-bond acceptors (Lipinski definition) is 3. The largest absolute Gasteiger partial charge is 0.491 e. The minimum Gasteiger partial charge on any atom is -0.491 e. The summed E-state index contributed by atoms with van der Waals surface area (Å²) in [6.07, 6.45) is 1.04. The van der Waals surface area contributed by atoms with Crippen molar-refractivity contribution in [3.63, 3.8) is 0 Å². The molecule has 1 aromatic carbocycles. The number of para-hydroxylation sites is 1. The summed E-state index contributed by atoms with van der Waals surface area (Å²) in [5.74, 6) is 0.0234. The van der Waals surface area contributed by atoms with Crippen LogP contribution >= 0.6 is 0 Å². The van der Waals surface area contributed by atoms with Crippen LogP contribution in [0.4, 0.5) is 4.39 Å². The number of nitrogens with zero attached hydrogens (tertiary/aromatic N) is 1. The van der Waals surface area contributed by atoms with Crippen molar-refractivity contribution in [1.82, 2.24) is 10.2 Å². The second kappa shape index (κ2) is 7.41. The molecule has 1 N–H and O–H groups in total. The van der Waals surface area contributed by atoms with Gasteiger partial charge in [0.05, 0.1) is 6.61 Å². The van der Waals surface area contributed by atoms with Gasteiger partial charge in [-0.05, 0) is 32.4 Å². The Labute approximate surface area is 125 Å². The van der Waals surface area contributed by atoms with Gasteiger partial charge >= 0.3 is 0 Å². The second-order valence-electron chi connectivity index (χ2n) is 5.65. The maximum absolute atomic E-state index is 13.3. The first-order valence-electron chi connectivity index (χ1n) is 7.47. The molecule has 4 nitrogen and oxygen atoms in total. The maximum atomic E-state index is 13.3. The van der Waals surface area contributed by atoms with Gasteiger partial charge in [0, 0.05) is 31.6 Å². The number of hydrogen-bond donors (Lipinski definition) is 1. The van der Waals surface area contributed by atoms with E-state index in [0.29, 0.717) is 31.5 Å². The topological polar surface area (TPSA) is 41.6 Å². The van der Waals surface area contributed by atoms with Gasteiger partial charge in [-0.2, -0.15) is 0 Å². The first kappa shape index (κ1) is 15.8. The van der Waals surface area contributed by atoms with E-state index < -0.39 is 0 Å². The van der Waals surface area contributed by atoms with Crippen LogP contribution < -0.4 is 10.1 Å². The van der Waals surface area contributed by atoms with Crippen LogP contribution in [-0.4, -0.2) is 42.6 Å². The Balaban J connectivity index is 1.71. The summed E-state index contributed by atoms with van der Waals surface area (Å²) in [4.78, 5) is 14.0. The third-order valence-electron chi connectivity index (χ3n) is 3.54. The average Bonchev–Trinajstić information content (AvgIpc) is 2.44. The lowest BCUT2D eigenvalue weighted by Gasteiger charge is -2.36. The molecule has 0 radical (unpaired) electrons. The highest BCUT2D eigenvalue weighted by Gasteiger charge is 2.24. The molecule has 1 amide bonds. The van der Waals surface area contributed by atoms with E-state index in [1.165, 1.54) is 6.07 Å². The van der Waals surface area contributed by atoms with Gasteiger partial charge in [0.1, 0.15) is 0 Å². The van der Waals surface area contributed by atoms with E-state index in [1.807, 2.05) is 4.90 Å². The van der Waals surface area contributed by atoms with E-state index in [-0.39, 0.29) is 17.5 Å². The third kappa shape index (κ3) is 4.70. The van der Waals surface area contributed by atoms with Crippen LogP contribution in [0, 0.1) is 5.82 Å². The minimum atomic E-state index is -0.367. The van der Waals surface area contributed by atoms with Gasteiger partial charge in [-0.1, -0.05) is 12.1 Å². The predicted molar refractivity (Wildman–Crippen MR) is 79.8 cm³/mol. The molecule has 0 aromatic heterocycles. The van der Waals surface area contributed by atoms with Gasteiger partial charge in [-0.15, -0.1) is 0 Å². The van der Waals surface area contributed by atoms with Crippen LogP contribution in [0.3, 0.4) is 0 Å². The summed E-state index contributed by atoms with van der Waals surface area (Å²) in [5, 5.41) is 3.40. The Hall–Kier alpha value is -1.62. The van der Waals surface area contributed by atoms with Crippen LogP contribution in [0.1, 0.15) is 26.7 Å². The molecular weight excluding hydrogens is 271 g/mol. The summed E-state index contributed by atoms with van der Waals surface area (Å²) in [6.45, 7) is 6.01. The Morgan fingerprint density at radius 3 is 2.67 bits per heavy atom. The molecule has 2 atom stereocenters. The van der Waals surface area contributed by atoms with E-state index >= 15 is 0 Å². The second-order valence-corrected chi connectivity index (χ2v) is 5.65. The SMILES string of the molecule is C[C@@H]1CN(C(=O)CCCOc2ccccc2F)C[C@H](C)N1. The molecule has 1 aliphatic heterocycles. The highest BCUT2D eigenvalue weighted by Crippen LogP contribution is 2.16. The third-order valence-corrected chi connectivity index (χ3v) is 3.54. The summed E-state index contributed by atoms with van der Waals surface area (Å²) in [6, 6.07) is 6.96. The van der Waals surface area contributed by atoms with Gasteiger partial charge in [-0.3, -0.25) is 4.79 Å². The van der Waals surface area contributed by atoms with Crippen molar-refractivity contribution in [1.29, 1.82) is 0 Å². The lowest BCUT2D eigenvalue weighted by molar-refractivity contribution is -0.133. The molecule has 1 fully saturated rings. The summed E-state index contributed by atoms with van der Waals surface area (Å²) in [5.41, 5.74) is 0. The molecule has 2 rings (SSSR count). The zero-order chi connectivity index (χ0) is 15.2. The van der Waals surface area contributed by atoms with E-state index in [1.54, 1.807) is 18.2 Å². The van der Waals surface area contributed by atoms with Crippen LogP contribution in [0.5, 0.6) is 5.75 Å². The molecule has 1 aromatic rings. The first-order valence-corrected chi connectivity index (χ1v) is 7.47. The first-order chi connectivity index (χ1) is 10.1. The van der Waals surface area contributed by atoms with Crippen molar-refractivity contribution in [2.75, 3.05) is 19.7 Å². The number of nitrogens with one attached hydrogen (secondary N) is 1. The summed E-state index contributed by atoms with van der Waals surface area (Å²) < 4.78 is 18.7. The normalized spacial score (nSPS) is 22.1. The van der Waals surface area contributed by atoms with Crippen molar-refractivity contribution in [2.24, 2.45) is 0 Å². The van der Waals surface area contributed by atoms with E-state index in [9.17, 15) is 9.18 Å². The van der Waals surface area contributed by atoms with Crippen molar-refractivity contribution >= 4 is 5.91 Å². The standard InChI is InChI=1S/C16H23FN2O2/c1-12-10-19(11-13(2)18-12)16(20)8-5-9-21-15-7-4-3-6-14(15)17/h3-4,6-7,12-13,18H,5,8-11H2,1-2H3/t12-,13+. The van der Waals surface area contributed by atoms with Crippen molar-refractivity contribution in [3.8, 4) is 5.75 Å². The number of ether oxygens (including phenoxy) is 1. The van der Waals surface area contributed by atoms with E-state index in [2.05, 4.69) is 19.2 Å². The molecule has 1 heterocycles. The lowest BCUT2D eigenvalue weighted by atomic mass is 10.1. The highest BCUT2D eigenvalue weighted by atomic mass is 19.1.